The monoisotopic (exact) mass is 338 g/mol. The molecule has 120 valence electrons. The molecule has 3 rings (SSSR count). The molecule has 0 unspecified atom stereocenters. The fourth-order valence-electron chi connectivity index (χ4n) is 2.67. The van der Waals surface area contributed by atoms with Gasteiger partial charge in [0.15, 0.2) is 4.77 Å². The normalized spacial score (nSPS) is 17.2. The smallest absolute Gasteiger partial charge is 0.198 e. The molecule has 2 aromatic rings. The molecule has 0 bridgehead atoms. The lowest BCUT2D eigenvalue weighted by molar-refractivity contribution is 0.0973. The number of thiazole rings is 1. The lowest BCUT2D eigenvalue weighted by atomic mass is 10.3. The average Bonchev–Trinajstić information content (AvgIpc) is 3.08. The largest absolute Gasteiger partial charge is 0.307 e. The van der Waals surface area contributed by atoms with Crippen molar-refractivity contribution in [1.29, 1.82) is 0 Å². The number of hydrogen-bond acceptors (Lipinski definition) is 6. The molecule has 2 aromatic heterocycles. The van der Waals surface area contributed by atoms with E-state index >= 15 is 0 Å². The molecule has 22 heavy (non-hydrogen) atoms. The van der Waals surface area contributed by atoms with Crippen molar-refractivity contribution < 1.29 is 0 Å². The van der Waals surface area contributed by atoms with Crippen molar-refractivity contribution >= 4 is 23.6 Å². The van der Waals surface area contributed by atoms with Gasteiger partial charge in [-0.2, -0.15) is 5.10 Å². The van der Waals surface area contributed by atoms with E-state index in [1.807, 2.05) is 15.6 Å². The highest BCUT2D eigenvalue weighted by Gasteiger charge is 2.18. The van der Waals surface area contributed by atoms with E-state index in [1.54, 1.807) is 11.3 Å². The molecule has 0 aliphatic carbocycles. The minimum absolute atomic E-state index is 0.787. The van der Waals surface area contributed by atoms with Crippen molar-refractivity contribution in [2.24, 2.45) is 0 Å². The molecule has 1 aliphatic rings. The summed E-state index contributed by atoms with van der Waals surface area (Å²) < 4.78 is 4.72. The third kappa shape index (κ3) is 3.62. The van der Waals surface area contributed by atoms with Gasteiger partial charge in [-0.25, -0.2) is 9.67 Å². The summed E-state index contributed by atoms with van der Waals surface area (Å²) in [6, 6.07) is 0. The molecular weight excluding hydrogens is 316 g/mol. The van der Waals surface area contributed by atoms with Crippen molar-refractivity contribution in [3.63, 3.8) is 0 Å². The minimum atomic E-state index is 0.787. The molecule has 1 saturated heterocycles. The third-order valence-corrected chi connectivity index (χ3v) is 5.26. The molecule has 0 saturated carbocycles. The standard InChI is InChI=1S/C14H22N6S2/c1-3-19-10-15-20(14(19)21)11-18-6-4-17(5-7-18)8-13-9-22-12(2)16-13/h9-10H,3-8,11H2,1-2H3. The van der Waals surface area contributed by atoms with Crippen LogP contribution in [-0.2, 0) is 19.8 Å². The summed E-state index contributed by atoms with van der Waals surface area (Å²) in [4.78, 5) is 9.42. The van der Waals surface area contributed by atoms with Gasteiger partial charge in [0, 0.05) is 44.6 Å². The summed E-state index contributed by atoms with van der Waals surface area (Å²) in [5.41, 5.74) is 1.19. The second-order valence-corrected chi connectivity index (χ2v) is 7.02. The van der Waals surface area contributed by atoms with Gasteiger partial charge in [0.25, 0.3) is 0 Å². The Morgan fingerprint density at radius 3 is 2.55 bits per heavy atom. The Balaban J connectivity index is 1.51. The predicted molar refractivity (Wildman–Crippen MR) is 90.4 cm³/mol. The number of rotatable bonds is 5. The molecule has 0 atom stereocenters. The highest BCUT2D eigenvalue weighted by Crippen LogP contribution is 2.12. The highest BCUT2D eigenvalue weighted by molar-refractivity contribution is 7.71. The molecule has 8 heteroatoms. The summed E-state index contributed by atoms with van der Waals surface area (Å²) in [6.07, 6.45) is 1.82. The first-order chi connectivity index (χ1) is 10.7. The van der Waals surface area contributed by atoms with Gasteiger partial charge < -0.3 is 4.57 Å². The first-order valence-corrected chi connectivity index (χ1v) is 8.92. The second kappa shape index (κ2) is 6.99. The van der Waals surface area contributed by atoms with Crippen LogP contribution in [0.3, 0.4) is 0 Å². The maximum atomic E-state index is 5.42. The lowest BCUT2D eigenvalue weighted by Crippen LogP contribution is -2.46. The van der Waals surface area contributed by atoms with Gasteiger partial charge in [-0.05, 0) is 26.1 Å². The molecule has 0 amide bonds. The Hall–Kier alpha value is -1.09. The van der Waals surface area contributed by atoms with Crippen LogP contribution in [0.5, 0.6) is 0 Å². The SMILES string of the molecule is CCn1cnn(CN2CCN(Cc3csc(C)n3)CC2)c1=S. The van der Waals surface area contributed by atoms with Crippen molar-refractivity contribution in [2.45, 2.75) is 33.6 Å². The van der Waals surface area contributed by atoms with Gasteiger partial charge in [-0.1, -0.05) is 0 Å². The van der Waals surface area contributed by atoms with Crippen LogP contribution in [0.25, 0.3) is 0 Å². The van der Waals surface area contributed by atoms with Crippen LogP contribution < -0.4 is 0 Å². The van der Waals surface area contributed by atoms with E-state index in [-0.39, 0.29) is 0 Å². The first kappa shape index (κ1) is 15.8. The van der Waals surface area contributed by atoms with Gasteiger partial charge in [0.2, 0.25) is 0 Å². The van der Waals surface area contributed by atoms with Crippen molar-refractivity contribution in [3.05, 3.63) is 27.2 Å². The summed E-state index contributed by atoms with van der Waals surface area (Å²) in [5, 5.41) is 7.69. The first-order valence-electron chi connectivity index (χ1n) is 7.63. The zero-order valence-corrected chi connectivity index (χ0v) is 14.7. The minimum Gasteiger partial charge on any atom is -0.307 e. The molecule has 0 radical (unpaired) electrons. The van der Waals surface area contributed by atoms with Crippen LogP contribution in [0.15, 0.2) is 11.7 Å². The Labute approximate surface area is 140 Å². The van der Waals surface area contributed by atoms with E-state index in [9.17, 15) is 0 Å². The van der Waals surface area contributed by atoms with E-state index in [2.05, 4.69) is 39.1 Å². The molecule has 0 spiro atoms. The van der Waals surface area contributed by atoms with Crippen LogP contribution in [0.4, 0.5) is 0 Å². The summed E-state index contributed by atoms with van der Waals surface area (Å²) >= 11 is 7.15. The van der Waals surface area contributed by atoms with Crippen LogP contribution >= 0.6 is 23.6 Å². The zero-order chi connectivity index (χ0) is 15.5. The Kier molecular flexibility index (Phi) is 5.02. The maximum Gasteiger partial charge on any atom is 0.198 e. The van der Waals surface area contributed by atoms with Crippen LogP contribution in [0.1, 0.15) is 17.6 Å². The van der Waals surface area contributed by atoms with Crippen molar-refractivity contribution in [3.8, 4) is 0 Å². The fourth-order valence-corrected chi connectivity index (χ4v) is 3.56. The van der Waals surface area contributed by atoms with Gasteiger partial charge >= 0.3 is 0 Å². The van der Waals surface area contributed by atoms with Gasteiger partial charge in [0.05, 0.1) is 17.4 Å². The number of nitrogens with zero attached hydrogens (tertiary/aromatic N) is 6. The fraction of sp³-hybridized carbons (Fsp3) is 0.643. The third-order valence-electron chi connectivity index (χ3n) is 3.99. The Morgan fingerprint density at radius 2 is 1.95 bits per heavy atom. The molecular formula is C14H22N6S2. The van der Waals surface area contributed by atoms with E-state index in [4.69, 9.17) is 12.2 Å². The van der Waals surface area contributed by atoms with Crippen molar-refractivity contribution in [2.75, 3.05) is 26.2 Å². The number of aryl methyl sites for hydroxylation is 2. The number of aromatic nitrogens is 4. The Bertz CT molecular complexity index is 665. The number of hydrogen-bond donors (Lipinski definition) is 0. The predicted octanol–water partition coefficient (Wildman–Crippen LogP) is 1.97. The molecule has 1 aliphatic heterocycles. The van der Waals surface area contributed by atoms with Crippen LogP contribution in [0, 0.1) is 11.7 Å². The van der Waals surface area contributed by atoms with Gasteiger partial charge in [-0.15, -0.1) is 11.3 Å². The molecule has 1 fully saturated rings. The van der Waals surface area contributed by atoms with Gasteiger partial charge in [-0.3, -0.25) is 9.80 Å². The Morgan fingerprint density at radius 1 is 1.23 bits per heavy atom. The van der Waals surface area contributed by atoms with Gasteiger partial charge in [0.1, 0.15) is 6.33 Å². The van der Waals surface area contributed by atoms with E-state index < -0.39 is 0 Å². The summed E-state index contributed by atoms with van der Waals surface area (Å²) in [7, 11) is 0. The molecule has 0 N–H and O–H groups in total. The quantitative estimate of drug-likeness (QED) is 0.780. The summed E-state index contributed by atoms with van der Waals surface area (Å²) in [5.74, 6) is 0. The lowest BCUT2D eigenvalue weighted by Gasteiger charge is -2.34. The van der Waals surface area contributed by atoms with Crippen LogP contribution in [0.2, 0.25) is 0 Å². The zero-order valence-electron chi connectivity index (χ0n) is 13.1. The van der Waals surface area contributed by atoms with E-state index in [0.717, 1.165) is 55.7 Å². The van der Waals surface area contributed by atoms with Crippen LogP contribution in [-0.4, -0.2) is 55.3 Å². The van der Waals surface area contributed by atoms with E-state index in [1.165, 1.54) is 5.69 Å². The van der Waals surface area contributed by atoms with Crippen molar-refractivity contribution in [1.82, 2.24) is 29.1 Å². The topological polar surface area (TPSA) is 42.1 Å². The number of piperazine rings is 1. The molecule has 3 heterocycles. The maximum absolute atomic E-state index is 5.42. The van der Waals surface area contributed by atoms with E-state index in [0.29, 0.717) is 0 Å². The average molecular weight is 339 g/mol. The second-order valence-electron chi connectivity index (χ2n) is 5.59. The highest BCUT2D eigenvalue weighted by atomic mass is 32.1. The summed E-state index contributed by atoms with van der Waals surface area (Å²) in [6.45, 7) is 11.0. The molecule has 6 nitrogen and oxygen atoms in total. The molecule has 0 aromatic carbocycles.